The molecule has 0 amide bonds. The molecule has 0 radical (unpaired) electrons. The summed E-state index contributed by atoms with van der Waals surface area (Å²) in [6.45, 7) is 2.99. The van der Waals surface area contributed by atoms with Gasteiger partial charge in [-0.3, -0.25) is 0 Å². The van der Waals surface area contributed by atoms with Crippen LogP contribution in [0.4, 0.5) is 0 Å². The predicted molar refractivity (Wildman–Crippen MR) is 82.7 cm³/mol. The summed E-state index contributed by atoms with van der Waals surface area (Å²) >= 11 is 0. The van der Waals surface area contributed by atoms with Crippen molar-refractivity contribution in [2.45, 2.75) is 19.5 Å². The van der Waals surface area contributed by atoms with E-state index >= 15 is 0 Å². The first-order chi connectivity index (χ1) is 9.78. The van der Waals surface area contributed by atoms with Crippen LogP contribution in [0.2, 0.25) is 0 Å². The summed E-state index contributed by atoms with van der Waals surface area (Å²) < 4.78 is 2.20. The van der Waals surface area contributed by atoms with Crippen molar-refractivity contribution in [2.24, 2.45) is 0 Å². The Hall–Kier alpha value is -2.13. The zero-order valence-electron chi connectivity index (χ0n) is 11.9. The lowest BCUT2D eigenvalue weighted by molar-refractivity contribution is 0.508. The molecular formula is C17H19N3. The molecule has 0 fully saturated rings. The molecule has 1 unspecified atom stereocenters. The fourth-order valence-electron chi connectivity index (χ4n) is 2.51. The van der Waals surface area contributed by atoms with E-state index in [1.54, 1.807) is 0 Å². The van der Waals surface area contributed by atoms with Crippen LogP contribution in [-0.4, -0.2) is 16.6 Å². The number of aromatic nitrogens is 2. The van der Waals surface area contributed by atoms with Gasteiger partial charge in [-0.25, -0.2) is 4.98 Å². The van der Waals surface area contributed by atoms with Crippen molar-refractivity contribution < 1.29 is 0 Å². The van der Waals surface area contributed by atoms with Crippen LogP contribution < -0.4 is 5.32 Å². The van der Waals surface area contributed by atoms with Gasteiger partial charge >= 0.3 is 0 Å². The van der Waals surface area contributed by atoms with Crippen LogP contribution in [-0.2, 0) is 6.54 Å². The van der Waals surface area contributed by atoms with Gasteiger partial charge in [-0.1, -0.05) is 42.0 Å². The van der Waals surface area contributed by atoms with Crippen LogP contribution >= 0.6 is 0 Å². The van der Waals surface area contributed by atoms with E-state index in [4.69, 9.17) is 0 Å². The number of nitrogens with one attached hydrogen (secondary N) is 1. The minimum absolute atomic E-state index is 0.285. The molecular weight excluding hydrogens is 246 g/mol. The second-order valence-electron chi connectivity index (χ2n) is 5.14. The highest BCUT2D eigenvalue weighted by atomic mass is 15.1. The smallest absolute Gasteiger partial charge is 0.0958 e. The lowest BCUT2D eigenvalue weighted by Gasteiger charge is -2.18. The zero-order chi connectivity index (χ0) is 13.9. The molecule has 102 valence electrons. The number of hydrogen-bond acceptors (Lipinski definition) is 2. The Morgan fingerprint density at radius 1 is 1.10 bits per heavy atom. The van der Waals surface area contributed by atoms with Gasteiger partial charge in [0, 0.05) is 12.6 Å². The molecule has 3 rings (SSSR count). The third-order valence-electron chi connectivity index (χ3n) is 3.73. The number of nitrogens with zero attached hydrogens (tertiary/aromatic N) is 2. The fourth-order valence-corrected chi connectivity index (χ4v) is 2.51. The summed E-state index contributed by atoms with van der Waals surface area (Å²) in [7, 11) is 2.00. The van der Waals surface area contributed by atoms with E-state index in [0.717, 1.165) is 12.1 Å². The number of aryl methyl sites for hydroxylation is 1. The monoisotopic (exact) mass is 265 g/mol. The van der Waals surface area contributed by atoms with Gasteiger partial charge in [0.2, 0.25) is 0 Å². The molecule has 0 aliphatic rings. The van der Waals surface area contributed by atoms with Crippen molar-refractivity contribution >= 4 is 11.0 Å². The van der Waals surface area contributed by atoms with Gasteiger partial charge in [-0.2, -0.15) is 0 Å². The Bertz CT molecular complexity index is 698. The highest BCUT2D eigenvalue weighted by molar-refractivity contribution is 5.74. The van der Waals surface area contributed by atoms with Gasteiger partial charge in [0.25, 0.3) is 0 Å². The Labute approximate surface area is 119 Å². The van der Waals surface area contributed by atoms with Gasteiger partial charge in [0.1, 0.15) is 0 Å². The Morgan fingerprint density at radius 2 is 1.85 bits per heavy atom. The van der Waals surface area contributed by atoms with E-state index in [-0.39, 0.29) is 6.04 Å². The lowest BCUT2D eigenvalue weighted by atomic mass is 10.1. The number of rotatable bonds is 4. The maximum absolute atomic E-state index is 4.45. The molecule has 1 heterocycles. The van der Waals surface area contributed by atoms with Crippen molar-refractivity contribution in [1.29, 1.82) is 0 Å². The molecule has 0 spiro atoms. The van der Waals surface area contributed by atoms with Gasteiger partial charge in [0.15, 0.2) is 0 Å². The second kappa shape index (κ2) is 5.47. The van der Waals surface area contributed by atoms with Crippen molar-refractivity contribution in [3.8, 4) is 0 Å². The normalized spacial score (nSPS) is 12.7. The standard InChI is InChI=1S/C17H19N3/c1-13-7-9-14(10-8-13)16(18-2)11-20-12-19-15-5-3-4-6-17(15)20/h3-10,12,16,18H,11H2,1-2H3. The van der Waals surface area contributed by atoms with Gasteiger partial charge in [-0.05, 0) is 31.7 Å². The first-order valence-electron chi connectivity index (χ1n) is 6.91. The molecule has 0 saturated carbocycles. The van der Waals surface area contributed by atoms with Gasteiger partial charge in [0.05, 0.1) is 17.4 Å². The molecule has 20 heavy (non-hydrogen) atoms. The number of para-hydroxylation sites is 2. The summed E-state index contributed by atoms with van der Waals surface area (Å²) in [5, 5.41) is 3.39. The summed E-state index contributed by atoms with van der Waals surface area (Å²) in [4.78, 5) is 4.45. The SMILES string of the molecule is CNC(Cn1cnc2ccccc21)c1ccc(C)cc1. The number of likely N-dealkylation sites (N-methyl/N-ethyl adjacent to an activating group) is 1. The van der Waals surface area contributed by atoms with Crippen LogP contribution in [0.3, 0.4) is 0 Å². The van der Waals surface area contributed by atoms with Crippen LogP contribution in [0.5, 0.6) is 0 Å². The van der Waals surface area contributed by atoms with Crippen LogP contribution in [0.1, 0.15) is 17.2 Å². The lowest BCUT2D eigenvalue weighted by Crippen LogP contribution is -2.21. The molecule has 3 heteroatoms. The summed E-state index contributed by atoms with van der Waals surface area (Å²) in [5.41, 5.74) is 4.82. The molecule has 1 atom stereocenters. The minimum Gasteiger partial charge on any atom is -0.329 e. The molecule has 1 N–H and O–H groups in total. The number of benzene rings is 2. The molecule has 0 saturated heterocycles. The van der Waals surface area contributed by atoms with Crippen LogP contribution in [0.25, 0.3) is 11.0 Å². The third-order valence-corrected chi connectivity index (χ3v) is 3.73. The average Bonchev–Trinajstić information content (AvgIpc) is 2.89. The van der Waals surface area contributed by atoms with Crippen molar-refractivity contribution in [3.63, 3.8) is 0 Å². The number of fused-ring (bicyclic) bond motifs is 1. The largest absolute Gasteiger partial charge is 0.329 e. The van der Waals surface area contributed by atoms with Crippen molar-refractivity contribution in [3.05, 3.63) is 66.0 Å². The Balaban J connectivity index is 1.89. The maximum atomic E-state index is 4.45. The van der Waals surface area contributed by atoms with E-state index in [0.29, 0.717) is 0 Å². The van der Waals surface area contributed by atoms with Crippen LogP contribution in [0.15, 0.2) is 54.9 Å². The number of imidazole rings is 1. The maximum Gasteiger partial charge on any atom is 0.0958 e. The van der Waals surface area contributed by atoms with Gasteiger partial charge < -0.3 is 9.88 Å². The molecule has 3 nitrogen and oxygen atoms in total. The fraction of sp³-hybridized carbons (Fsp3) is 0.235. The Morgan fingerprint density at radius 3 is 2.60 bits per heavy atom. The highest BCUT2D eigenvalue weighted by Gasteiger charge is 2.11. The van der Waals surface area contributed by atoms with Gasteiger partial charge in [-0.15, -0.1) is 0 Å². The molecule has 2 aromatic carbocycles. The predicted octanol–water partition coefficient (Wildman–Crippen LogP) is 3.31. The number of hydrogen-bond donors (Lipinski definition) is 1. The van der Waals surface area contributed by atoms with Crippen LogP contribution in [0, 0.1) is 6.92 Å². The average molecular weight is 265 g/mol. The topological polar surface area (TPSA) is 29.9 Å². The first kappa shape index (κ1) is 12.9. The molecule has 1 aromatic heterocycles. The molecule has 0 bridgehead atoms. The third kappa shape index (κ3) is 2.45. The molecule has 3 aromatic rings. The Kier molecular flexibility index (Phi) is 3.52. The summed E-state index contributed by atoms with van der Waals surface area (Å²) in [6, 6.07) is 17.2. The molecule has 0 aliphatic heterocycles. The minimum atomic E-state index is 0.285. The summed E-state index contributed by atoms with van der Waals surface area (Å²) in [5.74, 6) is 0. The highest BCUT2D eigenvalue weighted by Crippen LogP contribution is 2.19. The van der Waals surface area contributed by atoms with E-state index in [1.807, 2.05) is 25.5 Å². The molecule has 0 aliphatic carbocycles. The summed E-state index contributed by atoms with van der Waals surface area (Å²) in [6.07, 6.45) is 1.92. The second-order valence-corrected chi connectivity index (χ2v) is 5.14. The van der Waals surface area contributed by atoms with E-state index in [9.17, 15) is 0 Å². The zero-order valence-corrected chi connectivity index (χ0v) is 11.9. The quantitative estimate of drug-likeness (QED) is 0.784. The van der Waals surface area contributed by atoms with E-state index < -0.39 is 0 Å². The van der Waals surface area contributed by atoms with E-state index in [2.05, 4.69) is 58.2 Å². The van der Waals surface area contributed by atoms with Crippen molar-refractivity contribution in [2.75, 3.05) is 7.05 Å². The van der Waals surface area contributed by atoms with E-state index in [1.165, 1.54) is 16.6 Å². The first-order valence-corrected chi connectivity index (χ1v) is 6.91. The van der Waals surface area contributed by atoms with Crippen molar-refractivity contribution in [1.82, 2.24) is 14.9 Å².